The number of allylic oxidation sites excluding steroid dienone is 2. The zero-order valence-corrected chi connectivity index (χ0v) is 9.54. The van der Waals surface area contributed by atoms with Crippen LogP contribution in [0.15, 0.2) is 42.6 Å². The molecule has 0 aliphatic carbocycles. The Hall–Kier alpha value is -1.21. The van der Waals surface area contributed by atoms with Crippen molar-refractivity contribution >= 4 is 22.5 Å². The Balaban J connectivity index is 2.35. The van der Waals surface area contributed by atoms with Gasteiger partial charge in [-0.1, -0.05) is 24.3 Å². The molecule has 0 N–H and O–H groups in total. The molecule has 1 aromatic heterocycles. The lowest BCUT2D eigenvalue weighted by Crippen LogP contribution is -1.92. The molecule has 78 valence electrons. The Labute approximate surface area is 95.0 Å². The molecule has 1 aromatic carbocycles. The number of hydrogen-bond donors (Lipinski definition) is 0. The van der Waals surface area contributed by atoms with Crippen molar-refractivity contribution in [3.63, 3.8) is 0 Å². The lowest BCUT2D eigenvalue weighted by atomic mass is 10.2. The highest BCUT2D eigenvalue weighted by atomic mass is 35.5. The van der Waals surface area contributed by atoms with Crippen molar-refractivity contribution in [2.45, 2.75) is 13.5 Å². The molecule has 0 fully saturated rings. The van der Waals surface area contributed by atoms with Crippen molar-refractivity contribution < 1.29 is 0 Å². The van der Waals surface area contributed by atoms with Gasteiger partial charge in [-0.25, -0.2) is 0 Å². The first-order valence-corrected chi connectivity index (χ1v) is 5.61. The van der Waals surface area contributed by atoms with Crippen LogP contribution in [0.25, 0.3) is 10.9 Å². The summed E-state index contributed by atoms with van der Waals surface area (Å²) in [6.45, 7) is 3.01. The van der Waals surface area contributed by atoms with Crippen molar-refractivity contribution in [3.05, 3.63) is 48.2 Å². The van der Waals surface area contributed by atoms with Gasteiger partial charge in [0, 0.05) is 24.1 Å². The molecule has 0 saturated heterocycles. The molecule has 0 unspecified atom stereocenters. The van der Waals surface area contributed by atoms with Gasteiger partial charge in [0.15, 0.2) is 0 Å². The third kappa shape index (κ3) is 2.24. The third-order valence-corrected chi connectivity index (χ3v) is 2.67. The number of benzene rings is 1. The van der Waals surface area contributed by atoms with Crippen molar-refractivity contribution in [2.24, 2.45) is 0 Å². The van der Waals surface area contributed by atoms with Crippen LogP contribution in [0.1, 0.15) is 5.56 Å². The Morgan fingerprint density at radius 1 is 1.27 bits per heavy atom. The molecule has 0 aliphatic heterocycles. The molecule has 2 heteroatoms. The lowest BCUT2D eigenvalue weighted by Gasteiger charge is -2.01. The van der Waals surface area contributed by atoms with Crippen LogP contribution in [0.4, 0.5) is 0 Å². The first-order valence-electron chi connectivity index (χ1n) is 5.08. The second-order valence-corrected chi connectivity index (χ2v) is 3.96. The first kappa shape index (κ1) is 10.3. The fourth-order valence-electron chi connectivity index (χ4n) is 1.70. The summed E-state index contributed by atoms with van der Waals surface area (Å²) in [6.07, 6.45) is 6.18. The summed E-state index contributed by atoms with van der Waals surface area (Å²) >= 11 is 5.59. The van der Waals surface area contributed by atoms with E-state index in [1.165, 1.54) is 16.5 Å². The minimum atomic E-state index is 0.582. The minimum Gasteiger partial charge on any atom is -0.344 e. The Kier molecular flexibility index (Phi) is 3.12. The van der Waals surface area contributed by atoms with E-state index in [0.29, 0.717) is 5.88 Å². The number of aromatic nitrogens is 1. The summed E-state index contributed by atoms with van der Waals surface area (Å²) in [6, 6.07) is 8.65. The maximum absolute atomic E-state index is 5.59. The zero-order valence-electron chi connectivity index (χ0n) is 8.78. The summed E-state index contributed by atoms with van der Waals surface area (Å²) in [4.78, 5) is 0. The van der Waals surface area contributed by atoms with Gasteiger partial charge >= 0.3 is 0 Å². The standard InChI is InChI=1S/C13H14ClN/c1-11-4-5-12-6-9-15(13(12)10-11)8-3-2-7-14/h2-6,9-10H,7-8H2,1H3/b3-2+. The predicted molar refractivity (Wildman–Crippen MR) is 66.5 cm³/mol. The van der Waals surface area contributed by atoms with Gasteiger partial charge in [0.2, 0.25) is 0 Å². The number of hydrogen-bond acceptors (Lipinski definition) is 0. The van der Waals surface area contributed by atoms with Gasteiger partial charge < -0.3 is 4.57 Å². The first-order chi connectivity index (χ1) is 7.31. The van der Waals surface area contributed by atoms with E-state index in [2.05, 4.69) is 48.0 Å². The summed E-state index contributed by atoms with van der Waals surface area (Å²) in [5, 5.41) is 1.29. The second kappa shape index (κ2) is 4.54. The van der Waals surface area contributed by atoms with E-state index < -0.39 is 0 Å². The zero-order chi connectivity index (χ0) is 10.7. The fourth-order valence-corrected chi connectivity index (χ4v) is 1.83. The van der Waals surface area contributed by atoms with Crippen LogP contribution in [-0.2, 0) is 6.54 Å². The van der Waals surface area contributed by atoms with Crippen LogP contribution in [0.5, 0.6) is 0 Å². The van der Waals surface area contributed by atoms with Crippen LogP contribution in [0, 0.1) is 6.92 Å². The second-order valence-electron chi connectivity index (χ2n) is 3.66. The molecular weight excluding hydrogens is 206 g/mol. The molecule has 15 heavy (non-hydrogen) atoms. The van der Waals surface area contributed by atoms with Crippen LogP contribution < -0.4 is 0 Å². The normalized spacial score (nSPS) is 11.6. The van der Waals surface area contributed by atoms with Crippen molar-refractivity contribution in [1.29, 1.82) is 0 Å². The number of rotatable bonds is 3. The van der Waals surface area contributed by atoms with Crippen molar-refractivity contribution in [3.8, 4) is 0 Å². The van der Waals surface area contributed by atoms with Crippen molar-refractivity contribution in [2.75, 3.05) is 5.88 Å². The Morgan fingerprint density at radius 3 is 2.93 bits per heavy atom. The summed E-state index contributed by atoms with van der Waals surface area (Å²) in [7, 11) is 0. The topological polar surface area (TPSA) is 4.93 Å². The SMILES string of the molecule is Cc1ccc2ccn(C/C=C/CCl)c2c1. The molecule has 0 bridgehead atoms. The maximum atomic E-state index is 5.59. The third-order valence-electron chi connectivity index (χ3n) is 2.49. The average Bonchev–Trinajstić information content (AvgIpc) is 2.62. The summed E-state index contributed by atoms with van der Waals surface area (Å²) in [5.41, 5.74) is 2.58. The Morgan fingerprint density at radius 2 is 2.13 bits per heavy atom. The van der Waals surface area contributed by atoms with E-state index in [1.807, 2.05) is 6.08 Å². The number of aryl methyl sites for hydroxylation is 1. The average molecular weight is 220 g/mol. The summed E-state index contributed by atoms with van der Waals surface area (Å²) in [5.74, 6) is 0.582. The lowest BCUT2D eigenvalue weighted by molar-refractivity contribution is 0.862. The van der Waals surface area contributed by atoms with Gasteiger partial charge in [0.05, 0.1) is 0 Å². The highest BCUT2D eigenvalue weighted by Gasteiger charge is 1.98. The predicted octanol–water partition coefficient (Wildman–Crippen LogP) is 3.74. The molecule has 0 aliphatic rings. The van der Waals surface area contributed by atoms with Gasteiger partial charge in [-0.2, -0.15) is 0 Å². The minimum absolute atomic E-state index is 0.582. The molecule has 0 radical (unpaired) electrons. The van der Waals surface area contributed by atoms with Crippen LogP contribution in [0.2, 0.25) is 0 Å². The molecule has 0 saturated carbocycles. The molecule has 2 rings (SSSR count). The molecule has 2 aromatic rings. The molecule has 0 spiro atoms. The Bertz CT molecular complexity index is 482. The number of alkyl halides is 1. The van der Waals surface area contributed by atoms with Gasteiger partial charge in [-0.3, -0.25) is 0 Å². The molecule has 1 heterocycles. The van der Waals surface area contributed by atoms with Crippen LogP contribution >= 0.6 is 11.6 Å². The van der Waals surface area contributed by atoms with E-state index in [4.69, 9.17) is 11.6 Å². The number of nitrogens with zero attached hydrogens (tertiary/aromatic N) is 1. The number of halogens is 1. The smallest absolute Gasteiger partial charge is 0.0485 e. The van der Waals surface area contributed by atoms with Crippen molar-refractivity contribution in [1.82, 2.24) is 4.57 Å². The molecule has 0 amide bonds. The van der Waals surface area contributed by atoms with E-state index in [-0.39, 0.29) is 0 Å². The van der Waals surface area contributed by atoms with E-state index in [0.717, 1.165) is 6.54 Å². The maximum Gasteiger partial charge on any atom is 0.0485 e. The van der Waals surface area contributed by atoms with Gasteiger partial charge in [-0.05, 0) is 30.0 Å². The van der Waals surface area contributed by atoms with Gasteiger partial charge in [-0.15, -0.1) is 11.6 Å². The molecular formula is C13H14ClN. The van der Waals surface area contributed by atoms with E-state index in [1.54, 1.807) is 0 Å². The molecule has 1 nitrogen and oxygen atoms in total. The number of fused-ring (bicyclic) bond motifs is 1. The van der Waals surface area contributed by atoms with Gasteiger partial charge in [0.25, 0.3) is 0 Å². The fraction of sp³-hybridized carbons (Fsp3) is 0.231. The quantitative estimate of drug-likeness (QED) is 0.548. The summed E-state index contributed by atoms with van der Waals surface area (Å²) < 4.78 is 2.23. The molecule has 0 atom stereocenters. The van der Waals surface area contributed by atoms with Crippen LogP contribution in [0.3, 0.4) is 0 Å². The highest BCUT2D eigenvalue weighted by Crippen LogP contribution is 2.17. The monoisotopic (exact) mass is 219 g/mol. The largest absolute Gasteiger partial charge is 0.344 e. The van der Waals surface area contributed by atoms with E-state index in [9.17, 15) is 0 Å². The highest BCUT2D eigenvalue weighted by molar-refractivity contribution is 6.18. The van der Waals surface area contributed by atoms with Gasteiger partial charge in [0.1, 0.15) is 0 Å². The van der Waals surface area contributed by atoms with E-state index >= 15 is 0 Å². The van der Waals surface area contributed by atoms with Crippen LogP contribution in [-0.4, -0.2) is 10.4 Å².